The molecule has 0 aromatic heterocycles. The summed E-state index contributed by atoms with van der Waals surface area (Å²) in [4.78, 5) is 36.8. The largest absolute Gasteiger partial charge is 0.480 e. The first-order chi connectivity index (χ1) is 17.0. The highest BCUT2D eigenvalue weighted by molar-refractivity contribution is 5.89. The van der Waals surface area contributed by atoms with Crippen molar-refractivity contribution in [2.45, 2.75) is 24.4 Å². The van der Waals surface area contributed by atoms with Crippen LogP contribution in [0, 0.1) is 0 Å². The average molecular weight is 475 g/mol. The zero-order valence-corrected chi connectivity index (χ0v) is 18.9. The molecule has 0 spiro atoms. The summed E-state index contributed by atoms with van der Waals surface area (Å²) in [5.74, 6) is -2.25. The minimum Gasteiger partial charge on any atom is -0.480 e. The van der Waals surface area contributed by atoms with E-state index >= 15 is 0 Å². The lowest BCUT2D eigenvalue weighted by Crippen LogP contribution is -2.53. The van der Waals surface area contributed by atoms with E-state index in [4.69, 9.17) is 9.84 Å². The van der Waals surface area contributed by atoms with E-state index in [1.807, 2.05) is 54.6 Å². The maximum Gasteiger partial charge on any atom is 0.407 e. The van der Waals surface area contributed by atoms with Crippen molar-refractivity contribution in [1.82, 2.24) is 10.6 Å². The molecular weight excluding hydrogens is 448 g/mol. The molecule has 3 aromatic rings. The molecule has 1 unspecified atom stereocenters. The van der Waals surface area contributed by atoms with Crippen LogP contribution in [0.5, 0.6) is 0 Å². The van der Waals surface area contributed by atoms with Crippen LogP contribution >= 0.6 is 0 Å². The number of carbonyl (C=O) groups is 3. The van der Waals surface area contributed by atoms with E-state index in [9.17, 15) is 19.5 Å². The van der Waals surface area contributed by atoms with Gasteiger partial charge >= 0.3 is 12.1 Å². The number of carbonyl (C=O) groups excluding carboxylic acids is 2. The van der Waals surface area contributed by atoms with Gasteiger partial charge in [0.1, 0.15) is 18.7 Å². The maximum atomic E-state index is 12.8. The number of fused-ring (bicyclic) bond motifs is 3. The van der Waals surface area contributed by atoms with Gasteiger partial charge in [0.15, 0.2) is 0 Å². The predicted molar refractivity (Wildman–Crippen MR) is 129 cm³/mol. The highest BCUT2D eigenvalue weighted by atomic mass is 16.5. The van der Waals surface area contributed by atoms with Crippen LogP contribution in [0.3, 0.4) is 0 Å². The number of carboxylic acid groups (broad SMARTS) is 1. The first-order valence-electron chi connectivity index (χ1n) is 11.3. The molecule has 4 N–H and O–H groups in total. The predicted octanol–water partition coefficient (Wildman–Crippen LogP) is 2.70. The van der Waals surface area contributed by atoms with E-state index in [1.54, 1.807) is 24.3 Å². The van der Waals surface area contributed by atoms with Gasteiger partial charge < -0.3 is 25.6 Å². The van der Waals surface area contributed by atoms with Crippen molar-refractivity contribution >= 4 is 18.0 Å². The summed E-state index contributed by atoms with van der Waals surface area (Å²) in [5.41, 5.74) is 5.09. The van der Waals surface area contributed by atoms with Crippen molar-refractivity contribution in [3.8, 4) is 11.1 Å². The summed E-state index contributed by atoms with van der Waals surface area (Å²) < 4.78 is 5.54. The summed E-state index contributed by atoms with van der Waals surface area (Å²) >= 11 is 0. The lowest BCUT2D eigenvalue weighted by Gasteiger charge is -2.21. The number of hydrogen-bond acceptors (Lipinski definition) is 5. The summed E-state index contributed by atoms with van der Waals surface area (Å²) in [7, 11) is 0. The molecule has 1 aliphatic rings. The number of aliphatic hydroxyl groups is 1. The Morgan fingerprint density at radius 1 is 0.800 bits per heavy atom. The number of hydrogen-bond donors (Lipinski definition) is 4. The molecule has 0 saturated heterocycles. The fourth-order valence-corrected chi connectivity index (χ4v) is 4.30. The fraction of sp³-hybridized carbons (Fsp3) is 0.222. The Hall–Kier alpha value is -4.17. The molecule has 4 rings (SSSR count). The number of amides is 2. The molecule has 0 aliphatic heterocycles. The molecule has 8 heteroatoms. The van der Waals surface area contributed by atoms with E-state index < -0.39 is 36.7 Å². The molecule has 180 valence electrons. The van der Waals surface area contributed by atoms with Crippen molar-refractivity contribution in [2.24, 2.45) is 0 Å². The second-order valence-corrected chi connectivity index (χ2v) is 8.29. The number of benzene rings is 3. The van der Waals surface area contributed by atoms with Crippen LogP contribution in [0.2, 0.25) is 0 Å². The second kappa shape index (κ2) is 10.8. The maximum absolute atomic E-state index is 12.8. The molecule has 35 heavy (non-hydrogen) atoms. The zero-order chi connectivity index (χ0) is 24.8. The lowest BCUT2D eigenvalue weighted by atomic mass is 9.98. The molecule has 0 fully saturated rings. The van der Waals surface area contributed by atoms with Gasteiger partial charge in [0.2, 0.25) is 5.91 Å². The fourth-order valence-electron chi connectivity index (χ4n) is 4.30. The zero-order valence-electron chi connectivity index (χ0n) is 18.9. The van der Waals surface area contributed by atoms with Gasteiger partial charge in [-0.05, 0) is 27.8 Å². The van der Waals surface area contributed by atoms with Crippen molar-refractivity contribution in [3.05, 3.63) is 95.6 Å². The molecule has 1 aliphatic carbocycles. The lowest BCUT2D eigenvalue weighted by molar-refractivity contribution is -0.143. The van der Waals surface area contributed by atoms with Gasteiger partial charge in [-0.15, -0.1) is 0 Å². The minimum atomic E-state index is -1.48. The van der Waals surface area contributed by atoms with Crippen molar-refractivity contribution in [3.63, 3.8) is 0 Å². The molecule has 0 radical (unpaired) electrons. The third-order valence-electron chi connectivity index (χ3n) is 6.03. The minimum absolute atomic E-state index is 0.0773. The van der Waals surface area contributed by atoms with Gasteiger partial charge in [0, 0.05) is 12.3 Å². The summed E-state index contributed by atoms with van der Waals surface area (Å²) in [6.45, 7) is -0.696. The third kappa shape index (κ3) is 5.50. The summed E-state index contributed by atoms with van der Waals surface area (Å²) in [5, 5.41) is 23.2. The quantitative estimate of drug-likeness (QED) is 0.378. The molecule has 2 atom stereocenters. The number of carboxylic acids is 1. The van der Waals surface area contributed by atoms with Crippen LogP contribution in [0.25, 0.3) is 11.1 Å². The molecule has 3 aromatic carbocycles. The van der Waals surface area contributed by atoms with Crippen molar-refractivity contribution in [2.75, 3.05) is 13.2 Å². The Balaban J connectivity index is 1.46. The highest BCUT2D eigenvalue weighted by Gasteiger charge is 2.30. The standard InChI is InChI=1S/C27H26N2O6/c30-15-24(26(32)33)28-25(31)23(14-17-8-2-1-3-9-17)29-27(34)35-16-22-20-12-6-4-10-18(20)19-11-5-7-13-21(19)22/h1-13,22-24,30H,14-16H2,(H,28,31)(H,29,34)(H,32,33)/t23?,24-/m1/s1. The Kier molecular flexibility index (Phi) is 7.42. The molecule has 0 heterocycles. The Bertz CT molecular complexity index is 1170. The Labute approximate surface area is 202 Å². The SMILES string of the molecule is O=C(NC(Cc1ccccc1)C(=O)N[C@H](CO)C(=O)O)OCC1c2ccccc2-c2ccccc21. The van der Waals surface area contributed by atoms with Gasteiger partial charge in [-0.2, -0.15) is 0 Å². The van der Waals surface area contributed by atoms with E-state index in [0.717, 1.165) is 27.8 Å². The van der Waals surface area contributed by atoms with Crippen LogP contribution in [0.4, 0.5) is 4.79 Å². The molecule has 0 bridgehead atoms. The van der Waals surface area contributed by atoms with E-state index in [2.05, 4.69) is 10.6 Å². The van der Waals surface area contributed by atoms with E-state index in [0.29, 0.717) is 0 Å². The smallest absolute Gasteiger partial charge is 0.407 e. The third-order valence-corrected chi connectivity index (χ3v) is 6.03. The van der Waals surface area contributed by atoms with Crippen LogP contribution in [0.1, 0.15) is 22.6 Å². The van der Waals surface area contributed by atoms with E-state index in [-0.39, 0.29) is 18.9 Å². The van der Waals surface area contributed by atoms with Gasteiger partial charge in [0.05, 0.1) is 6.61 Å². The topological polar surface area (TPSA) is 125 Å². The van der Waals surface area contributed by atoms with Crippen LogP contribution in [-0.4, -0.2) is 53.5 Å². The summed E-state index contributed by atoms with van der Waals surface area (Å²) in [6.07, 6.45) is -0.673. The van der Waals surface area contributed by atoms with Crippen molar-refractivity contribution in [1.29, 1.82) is 0 Å². The van der Waals surface area contributed by atoms with Gasteiger partial charge in [0.25, 0.3) is 0 Å². The highest BCUT2D eigenvalue weighted by Crippen LogP contribution is 2.44. The molecule has 0 saturated carbocycles. The average Bonchev–Trinajstić information content (AvgIpc) is 3.19. The number of aliphatic carboxylic acids is 1. The number of nitrogens with one attached hydrogen (secondary N) is 2. The van der Waals surface area contributed by atoms with Gasteiger partial charge in [-0.25, -0.2) is 9.59 Å². The molecular formula is C27H26N2O6. The normalized spacial score (nSPS) is 13.7. The Morgan fingerprint density at radius 3 is 1.94 bits per heavy atom. The first-order valence-corrected chi connectivity index (χ1v) is 11.3. The van der Waals surface area contributed by atoms with Gasteiger partial charge in [-0.1, -0.05) is 78.9 Å². The monoisotopic (exact) mass is 474 g/mol. The number of rotatable bonds is 9. The summed E-state index contributed by atoms with van der Waals surface area (Å²) in [6, 6.07) is 22.3. The van der Waals surface area contributed by atoms with Crippen LogP contribution in [0.15, 0.2) is 78.9 Å². The van der Waals surface area contributed by atoms with Crippen molar-refractivity contribution < 1.29 is 29.3 Å². The first kappa shape index (κ1) is 24.0. The Morgan fingerprint density at radius 2 is 1.37 bits per heavy atom. The number of ether oxygens (including phenoxy) is 1. The number of aliphatic hydroxyl groups excluding tert-OH is 1. The molecule has 8 nitrogen and oxygen atoms in total. The number of alkyl carbamates (subject to hydrolysis) is 1. The van der Waals surface area contributed by atoms with Gasteiger partial charge in [-0.3, -0.25) is 4.79 Å². The van der Waals surface area contributed by atoms with Crippen LogP contribution in [-0.2, 0) is 20.7 Å². The van der Waals surface area contributed by atoms with E-state index in [1.165, 1.54) is 0 Å². The molecule has 2 amide bonds. The second-order valence-electron chi connectivity index (χ2n) is 8.29. The van der Waals surface area contributed by atoms with Crippen LogP contribution < -0.4 is 10.6 Å².